The van der Waals surface area contributed by atoms with Crippen LogP contribution in [0.1, 0.15) is 5.56 Å². The van der Waals surface area contributed by atoms with Gasteiger partial charge in [-0.1, -0.05) is 22.0 Å². The molecule has 0 bridgehead atoms. The number of carbonyl (C=O) groups excluding carboxylic acids is 1. The lowest BCUT2D eigenvalue weighted by molar-refractivity contribution is -0.115. The van der Waals surface area contributed by atoms with Crippen molar-refractivity contribution < 1.29 is 4.79 Å². The van der Waals surface area contributed by atoms with Crippen molar-refractivity contribution >= 4 is 38.9 Å². The fourth-order valence-electron chi connectivity index (χ4n) is 2.60. The standard InChI is InChI=1S/C16H16BrN3O/c17-11-4-6-12(7-5-11)19-16(21)10-20-9-8-13-14(18)2-1-3-15(13)20/h1-7H,8-10,18H2,(H,19,21). The molecular formula is C16H16BrN3O. The van der Waals surface area contributed by atoms with Crippen molar-refractivity contribution in [2.45, 2.75) is 6.42 Å². The molecular weight excluding hydrogens is 330 g/mol. The zero-order valence-electron chi connectivity index (χ0n) is 11.5. The summed E-state index contributed by atoms with van der Waals surface area (Å²) < 4.78 is 0.990. The molecule has 21 heavy (non-hydrogen) atoms. The van der Waals surface area contributed by atoms with Crippen LogP contribution in [0, 0.1) is 0 Å². The Bertz CT molecular complexity index is 670. The van der Waals surface area contributed by atoms with E-state index >= 15 is 0 Å². The smallest absolute Gasteiger partial charge is 0.243 e. The Labute approximate surface area is 132 Å². The maximum absolute atomic E-state index is 12.2. The molecule has 0 fully saturated rings. The number of rotatable bonds is 3. The van der Waals surface area contributed by atoms with Crippen LogP contribution in [0.2, 0.25) is 0 Å². The number of benzene rings is 2. The lowest BCUT2D eigenvalue weighted by atomic mass is 10.1. The quantitative estimate of drug-likeness (QED) is 0.840. The normalized spacial score (nSPS) is 13.1. The van der Waals surface area contributed by atoms with E-state index < -0.39 is 0 Å². The van der Waals surface area contributed by atoms with Crippen LogP contribution in [0.4, 0.5) is 17.1 Å². The molecule has 0 spiro atoms. The second kappa shape index (κ2) is 5.77. The van der Waals surface area contributed by atoms with Crippen LogP contribution in [0.3, 0.4) is 0 Å². The monoisotopic (exact) mass is 345 g/mol. The Morgan fingerprint density at radius 2 is 2.00 bits per heavy atom. The molecule has 1 aliphatic rings. The summed E-state index contributed by atoms with van der Waals surface area (Å²) in [5.41, 5.74) is 9.80. The zero-order valence-corrected chi connectivity index (χ0v) is 13.1. The Kier molecular flexibility index (Phi) is 3.84. The fraction of sp³-hybridized carbons (Fsp3) is 0.188. The van der Waals surface area contributed by atoms with Gasteiger partial charge in [-0.2, -0.15) is 0 Å². The minimum Gasteiger partial charge on any atom is -0.398 e. The molecule has 0 radical (unpaired) electrons. The molecule has 0 saturated heterocycles. The third-order valence-corrected chi connectivity index (χ3v) is 4.15. The van der Waals surface area contributed by atoms with E-state index in [1.54, 1.807) is 0 Å². The summed E-state index contributed by atoms with van der Waals surface area (Å²) in [7, 11) is 0. The first kappa shape index (κ1) is 13.9. The van der Waals surface area contributed by atoms with Gasteiger partial charge in [-0.25, -0.2) is 0 Å². The minimum atomic E-state index is -0.0207. The third-order valence-electron chi connectivity index (χ3n) is 3.62. The maximum atomic E-state index is 12.2. The van der Waals surface area contributed by atoms with Crippen molar-refractivity contribution in [3.8, 4) is 0 Å². The molecule has 2 aromatic carbocycles. The van der Waals surface area contributed by atoms with Crippen molar-refractivity contribution in [1.29, 1.82) is 0 Å². The molecule has 0 aliphatic carbocycles. The highest BCUT2D eigenvalue weighted by Gasteiger charge is 2.22. The highest BCUT2D eigenvalue weighted by atomic mass is 79.9. The van der Waals surface area contributed by atoms with E-state index in [9.17, 15) is 4.79 Å². The van der Waals surface area contributed by atoms with Gasteiger partial charge in [-0.3, -0.25) is 4.79 Å². The summed E-state index contributed by atoms with van der Waals surface area (Å²) >= 11 is 3.37. The summed E-state index contributed by atoms with van der Waals surface area (Å²) in [4.78, 5) is 14.2. The van der Waals surface area contributed by atoms with Crippen molar-refractivity contribution in [3.63, 3.8) is 0 Å². The Morgan fingerprint density at radius 3 is 2.76 bits per heavy atom. The van der Waals surface area contributed by atoms with E-state index in [1.165, 1.54) is 0 Å². The van der Waals surface area contributed by atoms with Gasteiger partial charge in [0, 0.05) is 33.6 Å². The maximum Gasteiger partial charge on any atom is 0.243 e. The number of nitrogens with zero attached hydrogens (tertiary/aromatic N) is 1. The number of anilines is 3. The van der Waals surface area contributed by atoms with Gasteiger partial charge in [-0.15, -0.1) is 0 Å². The second-order valence-electron chi connectivity index (χ2n) is 5.07. The summed E-state index contributed by atoms with van der Waals surface area (Å²) in [5.74, 6) is -0.0207. The van der Waals surface area contributed by atoms with Gasteiger partial charge < -0.3 is 16.0 Å². The number of halogens is 1. The Balaban J connectivity index is 1.67. The lowest BCUT2D eigenvalue weighted by Crippen LogP contribution is -2.31. The molecule has 0 unspecified atom stereocenters. The van der Waals surface area contributed by atoms with Gasteiger partial charge in [-0.05, 0) is 42.8 Å². The molecule has 108 valence electrons. The van der Waals surface area contributed by atoms with Crippen LogP contribution >= 0.6 is 15.9 Å². The number of hydrogen-bond donors (Lipinski definition) is 2. The van der Waals surface area contributed by atoms with Crippen LogP contribution in [0.15, 0.2) is 46.9 Å². The molecule has 5 heteroatoms. The summed E-state index contributed by atoms with van der Waals surface area (Å²) in [6, 6.07) is 13.4. The molecule has 0 atom stereocenters. The van der Waals surface area contributed by atoms with Crippen LogP contribution < -0.4 is 16.0 Å². The number of nitrogens with one attached hydrogen (secondary N) is 1. The van der Waals surface area contributed by atoms with E-state index in [4.69, 9.17) is 5.73 Å². The minimum absolute atomic E-state index is 0.0207. The van der Waals surface area contributed by atoms with E-state index in [0.29, 0.717) is 6.54 Å². The van der Waals surface area contributed by atoms with Gasteiger partial charge in [0.05, 0.1) is 6.54 Å². The first-order valence-corrected chi connectivity index (χ1v) is 7.60. The average Bonchev–Trinajstić information content (AvgIpc) is 2.86. The third kappa shape index (κ3) is 3.03. The SMILES string of the molecule is Nc1cccc2c1CCN2CC(=O)Nc1ccc(Br)cc1. The first-order valence-electron chi connectivity index (χ1n) is 6.81. The molecule has 1 heterocycles. The zero-order chi connectivity index (χ0) is 14.8. The molecule has 4 nitrogen and oxygen atoms in total. The van der Waals surface area contributed by atoms with Crippen molar-refractivity contribution in [3.05, 3.63) is 52.5 Å². The molecule has 0 saturated carbocycles. The van der Waals surface area contributed by atoms with Crippen LogP contribution in [-0.2, 0) is 11.2 Å². The van der Waals surface area contributed by atoms with E-state index in [0.717, 1.165) is 40.1 Å². The number of fused-ring (bicyclic) bond motifs is 1. The van der Waals surface area contributed by atoms with Crippen LogP contribution in [0.5, 0.6) is 0 Å². The van der Waals surface area contributed by atoms with Crippen molar-refractivity contribution in [2.75, 3.05) is 29.0 Å². The molecule has 2 aromatic rings. The van der Waals surface area contributed by atoms with E-state index in [-0.39, 0.29) is 5.91 Å². The Morgan fingerprint density at radius 1 is 1.24 bits per heavy atom. The number of nitrogen functional groups attached to an aromatic ring is 1. The molecule has 3 N–H and O–H groups in total. The largest absolute Gasteiger partial charge is 0.398 e. The number of carbonyl (C=O) groups is 1. The van der Waals surface area contributed by atoms with Gasteiger partial charge in [0.25, 0.3) is 0 Å². The van der Waals surface area contributed by atoms with Gasteiger partial charge >= 0.3 is 0 Å². The molecule has 0 aromatic heterocycles. The van der Waals surface area contributed by atoms with Crippen LogP contribution in [-0.4, -0.2) is 19.0 Å². The van der Waals surface area contributed by atoms with Crippen LogP contribution in [0.25, 0.3) is 0 Å². The number of hydrogen-bond acceptors (Lipinski definition) is 3. The molecule has 1 amide bonds. The van der Waals surface area contributed by atoms with Crippen molar-refractivity contribution in [1.82, 2.24) is 0 Å². The molecule has 3 rings (SSSR count). The van der Waals surface area contributed by atoms with Crippen molar-refractivity contribution in [2.24, 2.45) is 0 Å². The average molecular weight is 346 g/mol. The van der Waals surface area contributed by atoms with E-state index in [1.807, 2.05) is 42.5 Å². The van der Waals surface area contributed by atoms with Gasteiger partial charge in [0.2, 0.25) is 5.91 Å². The topological polar surface area (TPSA) is 58.4 Å². The van der Waals surface area contributed by atoms with Gasteiger partial charge in [0.15, 0.2) is 0 Å². The molecule has 1 aliphatic heterocycles. The summed E-state index contributed by atoms with van der Waals surface area (Å²) in [5, 5.41) is 2.91. The highest BCUT2D eigenvalue weighted by Crippen LogP contribution is 2.31. The predicted octanol–water partition coefficient (Wildman–Crippen LogP) is 3.03. The Hall–Kier alpha value is -2.01. The highest BCUT2D eigenvalue weighted by molar-refractivity contribution is 9.10. The van der Waals surface area contributed by atoms with E-state index in [2.05, 4.69) is 26.1 Å². The van der Waals surface area contributed by atoms with Gasteiger partial charge in [0.1, 0.15) is 0 Å². The fourth-order valence-corrected chi connectivity index (χ4v) is 2.86. The summed E-state index contributed by atoms with van der Waals surface area (Å²) in [6.45, 7) is 1.17. The number of amides is 1. The summed E-state index contributed by atoms with van der Waals surface area (Å²) in [6.07, 6.45) is 0.896. The number of nitrogens with two attached hydrogens (primary N) is 1. The first-order chi connectivity index (χ1) is 10.1. The predicted molar refractivity (Wildman–Crippen MR) is 89.5 cm³/mol. The second-order valence-corrected chi connectivity index (χ2v) is 5.99. The lowest BCUT2D eigenvalue weighted by Gasteiger charge is -2.19.